The monoisotopic (exact) mass is 1010 g/mol. The van der Waals surface area contributed by atoms with Crippen molar-refractivity contribution < 1.29 is 62.3 Å². The van der Waals surface area contributed by atoms with Crippen LogP contribution in [0.3, 0.4) is 0 Å². The molecule has 3 saturated carbocycles. The fraction of sp³-hybridized carbons (Fsp3) is 0.475. The van der Waals surface area contributed by atoms with Crippen LogP contribution in [0.25, 0.3) is 0 Å². The van der Waals surface area contributed by atoms with Gasteiger partial charge in [-0.1, -0.05) is 112 Å². The highest BCUT2D eigenvalue weighted by molar-refractivity contribution is 5.93. The summed E-state index contributed by atoms with van der Waals surface area (Å²) in [6.45, 7) is 7.93. The van der Waals surface area contributed by atoms with E-state index in [0.29, 0.717) is 24.7 Å². The maximum absolute atomic E-state index is 14.3. The molecule has 74 heavy (non-hydrogen) atoms. The summed E-state index contributed by atoms with van der Waals surface area (Å²) in [5, 5.41) is 10.5. The number of Topliss-reactive ketones (excluding diaryl/α,β-unsaturated/α-hetero) is 2. The topological polar surface area (TPSA) is 178 Å². The molecule has 0 spiro atoms. The van der Waals surface area contributed by atoms with Crippen LogP contribution in [-0.2, 0) is 38.0 Å². The lowest BCUT2D eigenvalue weighted by molar-refractivity contribution is -0.300. The average molecular weight is 1010 g/mol. The van der Waals surface area contributed by atoms with E-state index in [4.69, 9.17) is 28.4 Å². The molecule has 0 amide bonds. The number of hydrogen-bond acceptors (Lipinski definition) is 13. The number of allylic oxidation sites excluding steroid dienone is 1. The van der Waals surface area contributed by atoms with Gasteiger partial charge in [-0.15, -0.1) is 0 Å². The molecule has 1 aliphatic heterocycles. The molecule has 0 aromatic heterocycles. The van der Waals surface area contributed by atoms with Crippen LogP contribution < -0.4 is 0 Å². The van der Waals surface area contributed by atoms with Gasteiger partial charge in [0.15, 0.2) is 24.6 Å². The number of esters is 4. The van der Waals surface area contributed by atoms with Crippen LogP contribution in [0.2, 0.25) is 0 Å². The Bertz CT molecular complexity index is 2670. The lowest BCUT2D eigenvalue weighted by atomic mass is 9.47. The molecule has 1 saturated heterocycles. The molecule has 9 rings (SSSR count). The molecule has 13 nitrogen and oxygen atoms in total. The van der Waals surface area contributed by atoms with Crippen molar-refractivity contribution in [3.05, 3.63) is 155 Å². The van der Waals surface area contributed by atoms with E-state index >= 15 is 0 Å². The third kappa shape index (κ3) is 11.1. The fourth-order valence-electron chi connectivity index (χ4n) is 13.1. The van der Waals surface area contributed by atoms with Crippen molar-refractivity contribution in [2.24, 2.45) is 46.3 Å². The Morgan fingerprint density at radius 3 is 1.76 bits per heavy atom. The van der Waals surface area contributed by atoms with Gasteiger partial charge in [0.1, 0.15) is 24.3 Å². The third-order valence-corrected chi connectivity index (χ3v) is 17.2. The van der Waals surface area contributed by atoms with Crippen LogP contribution in [0.15, 0.2) is 133 Å². The van der Waals surface area contributed by atoms with Crippen molar-refractivity contribution in [1.82, 2.24) is 0 Å². The van der Waals surface area contributed by atoms with Gasteiger partial charge in [-0.25, -0.2) is 19.2 Å². The minimum atomic E-state index is -1.57. The maximum atomic E-state index is 14.3. The molecule has 390 valence electrons. The Balaban J connectivity index is 0.941. The zero-order chi connectivity index (χ0) is 52.1. The van der Waals surface area contributed by atoms with Gasteiger partial charge < -0.3 is 33.5 Å². The zero-order valence-corrected chi connectivity index (χ0v) is 42.7. The normalized spacial score (nSPS) is 31.0. The van der Waals surface area contributed by atoms with E-state index in [1.54, 1.807) is 121 Å². The molecule has 4 aromatic carbocycles. The number of carbonyl (C=O) groups is 6. The van der Waals surface area contributed by atoms with Gasteiger partial charge in [-0.05, 0) is 128 Å². The molecule has 14 atom stereocenters. The SMILES string of the molecule is CC(CCC(=O)[C@@H](C)[C@H]1C(=O)C[C@H]2[C@@H]3CC=C4C[C@@H](O)CC[C@]4(C)[C@H]3CC[C@]12C)CO[C@@H]1O[C@H](COC(=O)c2ccccc2)[C@@H](OC(=O)c2ccccc2)[C@H](OC(=O)c2ccccc2)[C@H]1OC(=O)c1ccccc1. The number of rotatable bonds is 17. The van der Waals surface area contributed by atoms with Gasteiger partial charge >= 0.3 is 23.9 Å². The number of hydrogen-bond donors (Lipinski definition) is 1. The fourth-order valence-corrected chi connectivity index (χ4v) is 13.1. The van der Waals surface area contributed by atoms with E-state index in [2.05, 4.69) is 19.9 Å². The highest BCUT2D eigenvalue weighted by Crippen LogP contribution is 2.66. The molecule has 13 heteroatoms. The van der Waals surface area contributed by atoms with Crippen molar-refractivity contribution in [2.75, 3.05) is 13.2 Å². The maximum Gasteiger partial charge on any atom is 0.338 e. The number of fused-ring (bicyclic) bond motifs is 5. The Kier molecular flexibility index (Phi) is 16.1. The molecule has 0 bridgehead atoms. The van der Waals surface area contributed by atoms with Crippen LogP contribution in [0.5, 0.6) is 0 Å². The van der Waals surface area contributed by atoms with E-state index in [-0.39, 0.29) is 81.5 Å². The van der Waals surface area contributed by atoms with Crippen LogP contribution in [0.4, 0.5) is 0 Å². The van der Waals surface area contributed by atoms with Crippen LogP contribution >= 0.6 is 0 Å². The largest absolute Gasteiger partial charge is 0.459 e. The van der Waals surface area contributed by atoms with Crippen LogP contribution in [0.1, 0.15) is 127 Å². The van der Waals surface area contributed by atoms with Crippen molar-refractivity contribution in [1.29, 1.82) is 0 Å². The summed E-state index contributed by atoms with van der Waals surface area (Å²) >= 11 is 0. The van der Waals surface area contributed by atoms with Crippen LogP contribution in [0, 0.1) is 46.3 Å². The molecule has 4 fully saturated rings. The molecular weight excluding hydrogens is 941 g/mol. The van der Waals surface area contributed by atoms with Gasteiger partial charge in [0, 0.05) is 24.7 Å². The number of benzene rings is 4. The lowest BCUT2D eigenvalue weighted by Crippen LogP contribution is -2.63. The summed E-state index contributed by atoms with van der Waals surface area (Å²) in [7, 11) is 0. The lowest BCUT2D eigenvalue weighted by Gasteiger charge is -2.58. The molecule has 5 aliphatic rings. The number of ketones is 2. The second-order valence-electron chi connectivity index (χ2n) is 21.8. The number of carbonyl (C=O) groups excluding carboxylic acids is 6. The standard InChI is InChI=1S/C61H68O13/c1-37(25-28-48(63)38(2)51-49(64)34-47-45-27-26-43-33-44(62)29-31-60(43,3)46(45)30-32-61(47,51)4)35-70-59-54(74-58(68)42-23-15-8-16-24-42)53(73-57(67)41-21-13-7-14-22-41)52(72-56(66)40-19-11-6-12-20-40)50(71-59)36-69-55(65)39-17-9-5-10-18-39/h5-24,26,37-38,44-47,50-54,59,62H,25,27-36H2,1-4H3/t37?,38-,44+,45-,46+,47+,50-,51+,52-,53+,54-,59-,60+,61+/m1/s1. The van der Waals surface area contributed by atoms with E-state index in [1.807, 2.05) is 13.8 Å². The smallest absolute Gasteiger partial charge is 0.338 e. The molecule has 1 heterocycles. The number of aliphatic hydroxyl groups is 1. The minimum Gasteiger partial charge on any atom is -0.459 e. The summed E-state index contributed by atoms with van der Waals surface area (Å²) in [6.07, 6.45) is 1.01. The van der Waals surface area contributed by atoms with Gasteiger partial charge in [0.2, 0.25) is 0 Å². The first-order chi connectivity index (χ1) is 35.6. The Hall–Kier alpha value is -6.28. The first kappa shape index (κ1) is 52.6. The van der Waals surface area contributed by atoms with Crippen molar-refractivity contribution in [2.45, 2.75) is 122 Å². The predicted octanol–water partition coefficient (Wildman–Crippen LogP) is 10.0. The predicted molar refractivity (Wildman–Crippen MR) is 272 cm³/mol. The van der Waals surface area contributed by atoms with Gasteiger partial charge in [0.25, 0.3) is 0 Å². The summed E-state index contributed by atoms with van der Waals surface area (Å²) in [5.74, 6) is -3.03. The summed E-state index contributed by atoms with van der Waals surface area (Å²) < 4.78 is 37.4. The molecule has 4 aromatic rings. The Labute approximate surface area is 433 Å². The summed E-state index contributed by atoms with van der Waals surface area (Å²) in [6, 6.07) is 32.8. The highest BCUT2D eigenvalue weighted by atomic mass is 16.7. The van der Waals surface area contributed by atoms with Gasteiger partial charge in [-0.2, -0.15) is 0 Å². The average Bonchev–Trinajstić information content (AvgIpc) is 3.70. The zero-order valence-electron chi connectivity index (χ0n) is 42.7. The number of aliphatic hydroxyl groups excluding tert-OH is 1. The second kappa shape index (κ2) is 22.7. The van der Waals surface area contributed by atoms with E-state index < -0.39 is 67.1 Å². The van der Waals surface area contributed by atoms with Crippen molar-refractivity contribution in [3.8, 4) is 0 Å². The van der Waals surface area contributed by atoms with Gasteiger partial charge in [0.05, 0.1) is 35.0 Å². The highest BCUT2D eigenvalue weighted by Gasteiger charge is 2.62. The minimum absolute atomic E-state index is 0.0121. The molecule has 0 radical (unpaired) electrons. The van der Waals surface area contributed by atoms with E-state index in [9.17, 15) is 33.9 Å². The molecular formula is C61H68O13. The second-order valence-corrected chi connectivity index (χ2v) is 21.8. The molecule has 4 aliphatic carbocycles. The summed E-state index contributed by atoms with van der Waals surface area (Å²) in [5.41, 5.74) is 1.89. The van der Waals surface area contributed by atoms with Crippen molar-refractivity contribution in [3.63, 3.8) is 0 Å². The molecule has 1 N–H and O–H groups in total. The molecule has 1 unspecified atom stereocenters. The van der Waals surface area contributed by atoms with Crippen molar-refractivity contribution >= 4 is 35.4 Å². The van der Waals surface area contributed by atoms with E-state index in [1.165, 1.54) is 5.57 Å². The van der Waals surface area contributed by atoms with Crippen LogP contribution in [-0.4, -0.2) is 90.6 Å². The van der Waals surface area contributed by atoms with Gasteiger partial charge in [-0.3, -0.25) is 9.59 Å². The summed E-state index contributed by atoms with van der Waals surface area (Å²) in [4.78, 5) is 83.8. The number of ether oxygens (including phenoxy) is 6. The van der Waals surface area contributed by atoms with E-state index in [0.717, 1.165) is 38.5 Å². The Morgan fingerprint density at radius 1 is 0.662 bits per heavy atom. The first-order valence-corrected chi connectivity index (χ1v) is 26.3. The Morgan fingerprint density at radius 2 is 1.19 bits per heavy atom. The first-order valence-electron chi connectivity index (χ1n) is 26.3. The third-order valence-electron chi connectivity index (χ3n) is 17.2. The quantitative estimate of drug-likeness (QED) is 0.0601.